The Balaban J connectivity index is 1.40. The van der Waals surface area contributed by atoms with Gasteiger partial charge in [0.25, 0.3) is 0 Å². The first kappa shape index (κ1) is 25.1. The fourth-order valence-corrected chi connectivity index (χ4v) is 8.82. The molecule has 4 heteroatoms. The molecule has 0 bridgehead atoms. The van der Waals surface area contributed by atoms with Crippen molar-refractivity contribution >= 4 is 6.16 Å². The van der Waals surface area contributed by atoms with Crippen LogP contribution in [0.25, 0.3) is 0 Å². The Hall–Kier alpha value is -1.55. The van der Waals surface area contributed by atoms with Gasteiger partial charge in [0.1, 0.15) is 6.10 Å². The normalized spacial score (nSPS) is 42.5. The van der Waals surface area contributed by atoms with Gasteiger partial charge in [0.2, 0.25) is 0 Å². The third-order valence-corrected chi connectivity index (χ3v) is 11.4. The van der Waals surface area contributed by atoms with Crippen LogP contribution in [-0.2, 0) is 9.47 Å². The van der Waals surface area contributed by atoms with Gasteiger partial charge in [0.05, 0.1) is 13.2 Å². The lowest BCUT2D eigenvalue weighted by molar-refractivity contribution is -0.0760. The molecule has 0 heterocycles. The first-order chi connectivity index (χ1) is 16.5. The van der Waals surface area contributed by atoms with Gasteiger partial charge in [0, 0.05) is 11.8 Å². The van der Waals surface area contributed by atoms with Gasteiger partial charge < -0.3 is 14.6 Å². The highest BCUT2D eigenvalue weighted by molar-refractivity contribution is 5.60. The highest BCUT2D eigenvalue weighted by Gasteiger charge is 2.60. The lowest BCUT2D eigenvalue weighted by atomic mass is 9.49. The number of aliphatic hydroxyl groups excluding tert-OH is 1. The molecule has 0 aromatic heterocycles. The number of methoxy groups -OCH3 is 1. The van der Waals surface area contributed by atoms with Crippen LogP contribution in [0.1, 0.15) is 86.0 Å². The molecule has 4 saturated carbocycles. The van der Waals surface area contributed by atoms with Crippen molar-refractivity contribution in [2.75, 3.05) is 7.11 Å². The molecule has 0 spiro atoms. The van der Waals surface area contributed by atoms with Crippen LogP contribution in [0.4, 0.5) is 4.79 Å². The quantitative estimate of drug-likeness (QED) is 0.331. The van der Waals surface area contributed by atoms with Crippen molar-refractivity contribution in [3.63, 3.8) is 0 Å². The zero-order valence-corrected chi connectivity index (χ0v) is 22.7. The number of carbonyl (C=O) groups is 1. The van der Waals surface area contributed by atoms with Gasteiger partial charge in [-0.1, -0.05) is 70.1 Å². The van der Waals surface area contributed by atoms with Gasteiger partial charge in [-0.15, -0.1) is 0 Å². The number of rotatable bonds is 5. The van der Waals surface area contributed by atoms with Crippen molar-refractivity contribution in [1.82, 2.24) is 0 Å². The van der Waals surface area contributed by atoms with Gasteiger partial charge in [0.15, 0.2) is 0 Å². The van der Waals surface area contributed by atoms with Crippen molar-refractivity contribution in [1.29, 1.82) is 0 Å². The van der Waals surface area contributed by atoms with Crippen LogP contribution >= 0.6 is 0 Å². The first-order valence-corrected chi connectivity index (χ1v) is 14.1. The van der Waals surface area contributed by atoms with Crippen molar-refractivity contribution < 1.29 is 19.4 Å². The van der Waals surface area contributed by atoms with E-state index in [1.165, 1.54) is 44.8 Å². The van der Waals surface area contributed by atoms with Crippen LogP contribution in [-0.4, -0.2) is 30.6 Å². The van der Waals surface area contributed by atoms with Gasteiger partial charge in [-0.2, -0.15) is 0 Å². The van der Waals surface area contributed by atoms with Crippen LogP contribution < -0.4 is 0 Å². The van der Waals surface area contributed by atoms with Crippen LogP contribution in [0.3, 0.4) is 0 Å². The second-order valence-corrected chi connectivity index (χ2v) is 13.2. The molecule has 0 saturated heterocycles. The number of hydrogen-bond donors (Lipinski definition) is 1. The fraction of sp³-hybridized carbons (Fsp3) is 0.774. The molecular formula is C31H46O4. The minimum atomic E-state index is -0.641. The monoisotopic (exact) mass is 482 g/mol. The number of aliphatic hydroxyl groups is 1. The van der Waals surface area contributed by atoms with Gasteiger partial charge in [-0.3, -0.25) is 0 Å². The Labute approximate surface area is 212 Å². The summed E-state index contributed by atoms with van der Waals surface area (Å²) in [5, 5.41) is 10.5. The molecule has 4 fully saturated rings. The molecule has 5 aliphatic carbocycles. The molecule has 5 rings (SSSR count). The molecule has 8 atom stereocenters. The minimum absolute atomic E-state index is 0.266. The van der Waals surface area contributed by atoms with Crippen LogP contribution in [0, 0.1) is 45.8 Å². The van der Waals surface area contributed by atoms with E-state index >= 15 is 0 Å². The Morgan fingerprint density at radius 3 is 2.49 bits per heavy atom. The Kier molecular flexibility index (Phi) is 6.30. The summed E-state index contributed by atoms with van der Waals surface area (Å²) in [7, 11) is 1.36. The SMILES string of the molecule is COC(=O)O[C@H]1C[C@H](O)CC2=CC=C3[C@@H]4CC[C@H]([C@H](C)/C=C/C5(C(C)C)CC5)[C@@]4(C)CC[C@@H]3[C@]21C. The smallest absolute Gasteiger partial charge is 0.438 e. The second-order valence-electron chi connectivity index (χ2n) is 13.2. The zero-order chi connectivity index (χ0) is 25.2. The third kappa shape index (κ3) is 3.93. The standard InChI is InChI=1S/C31H46O4/c1-19(2)31(15-16-31)14-11-20(3)24-9-10-25-23-8-7-21-17-22(32)18-27(35-28(33)34-6)30(21,5)26(23)12-13-29(24,25)4/h7-8,11,14,19-20,22,24-27,32H,9-10,12-13,15-18H2,1-6H3/b14-11+/t20-,22-,24-,25+,26+,27+,29-,30+/m1/s1. The average molecular weight is 483 g/mol. The molecule has 194 valence electrons. The maximum absolute atomic E-state index is 12.1. The number of ether oxygens (including phenoxy) is 2. The van der Waals surface area contributed by atoms with Gasteiger partial charge in [-0.25, -0.2) is 4.79 Å². The zero-order valence-electron chi connectivity index (χ0n) is 22.7. The van der Waals surface area contributed by atoms with E-state index < -0.39 is 12.3 Å². The Bertz CT molecular complexity index is 940. The summed E-state index contributed by atoms with van der Waals surface area (Å²) in [5.41, 5.74) is 3.32. The van der Waals surface area contributed by atoms with Crippen molar-refractivity contribution in [2.24, 2.45) is 45.8 Å². The topological polar surface area (TPSA) is 55.8 Å². The van der Waals surface area contributed by atoms with E-state index in [9.17, 15) is 9.90 Å². The van der Waals surface area contributed by atoms with E-state index in [2.05, 4.69) is 58.9 Å². The van der Waals surface area contributed by atoms with E-state index in [1.807, 2.05) is 0 Å². The molecule has 0 aromatic carbocycles. The summed E-state index contributed by atoms with van der Waals surface area (Å²) in [6.07, 6.45) is 17.0. The van der Waals surface area contributed by atoms with E-state index in [0.29, 0.717) is 47.3 Å². The molecule has 0 aromatic rings. The number of carbonyl (C=O) groups excluding carboxylic acids is 1. The van der Waals surface area contributed by atoms with E-state index in [1.54, 1.807) is 5.57 Å². The van der Waals surface area contributed by atoms with Crippen LogP contribution in [0.5, 0.6) is 0 Å². The number of hydrogen-bond acceptors (Lipinski definition) is 4. The summed E-state index contributed by atoms with van der Waals surface area (Å²) < 4.78 is 10.7. The van der Waals surface area contributed by atoms with Crippen molar-refractivity contribution in [3.05, 3.63) is 35.5 Å². The van der Waals surface area contributed by atoms with Gasteiger partial charge in [-0.05, 0) is 85.4 Å². The van der Waals surface area contributed by atoms with Crippen LogP contribution in [0.2, 0.25) is 0 Å². The average Bonchev–Trinajstić information content (AvgIpc) is 3.53. The predicted octanol–water partition coefficient (Wildman–Crippen LogP) is 7.24. The van der Waals surface area contributed by atoms with Crippen molar-refractivity contribution in [2.45, 2.75) is 98.2 Å². The predicted molar refractivity (Wildman–Crippen MR) is 139 cm³/mol. The summed E-state index contributed by atoms with van der Waals surface area (Å²) in [6.45, 7) is 12.0. The molecular weight excluding hydrogens is 436 g/mol. The van der Waals surface area contributed by atoms with E-state index in [4.69, 9.17) is 9.47 Å². The molecule has 35 heavy (non-hydrogen) atoms. The Morgan fingerprint density at radius 2 is 1.83 bits per heavy atom. The first-order valence-electron chi connectivity index (χ1n) is 14.1. The molecule has 0 amide bonds. The summed E-state index contributed by atoms with van der Waals surface area (Å²) >= 11 is 0. The molecule has 4 nitrogen and oxygen atoms in total. The minimum Gasteiger partial charge on any atom is -0.438 e. The molecule has 0 radical (unpaired) electrons. The highest BCUT2D eigenvalue weighted by Crippen LogP contribution is 2.66. The van der Waals surface area contributed by atoms with Gasteiger partial charge >= 0.3 is 6.16 Å². The molecule has 0 unspecified atom stereocenters. The largest absolute Gasteiger partial charge is 0.508 e. The number of fused-ring (bicyclic) bond motifs is 5. The maximum Gasteiger partial charge on any atom is 0.508 e. The summed E-state index contributed by atoms with van der Waals surface area (Å²) in [4.78, 5) is 12.1. The van der Waals surface area contributed by atoms with E-state index in [0.717, 1.165) is 12.3 Å². The lowest BCUT2D eigenvalue weighted by Crippen LogP contribution is -2.53. The second kappa shape index (κ2) is 8.78. The molecule has 0 aliphatic heterocycles. The summed E-state index contributed by atoms with van der Waals surface area (Å²) in [5.74, 6) is 2.99. The van der Waals surface area contributed by atoms with E-state index in [-0.39, 0.29) is 11.5 Å². The highest BCUT2D eigenvalue weighted by atomic mass is 16.7. The maximum atomic E-state index is 12.1. The molecule has 5 aliphatic rings. The lowest BCUT2D eigenvalue weighted by Gasteiger charge is -2.56. The third-order valence-electron chi connectivity index (χ3n) is 11.4. The summed E-state index contributed by atoms with van der Waals surface area (Å²) in [6, 6.07) is 0. The molecule has 1 N–H and O–H groups in total. The van der Waals surface area contributed by atoms with Crippen molar-refractivity contribution in [3.8, 4) is 0 Å². The fourth-order valence-electron chi connectivity index (χ4n) is 8.82. The van der Waals surface area contributed by atoms with Crippen LogP contribution in [0.15, 0.2) is 35.5 Å². The number of allylic oxidation sites excluding steroid dienone is 5. The Morgan fingerprint density at radius 1 is 1.09 bits per heavy atom.